The van der Waals surface area contributed by atoms with Gasteiger partial charge in [-0.1, -0.05) is 263 Å². The Hall–Kier alpha value is -2.11. The van der Waals surface area contributed by atoms with Crippen LogP contribution in [-0.4, -0.2) is 37.2 Å². The van der Waals surface area contributed by atoms with Gasteiger partial charge in [-0.2, -0.15) is 0 Å². The van der Waals surface area contributed by atoms with Gasteiger partial charge >= 0.3 is 17.9 Å². The quantitative estimate of drug-likeness (QED) is 0.0262. The first-order valence-corrected chi connectivity index (χ1v) is 29.3. The minimum absolute atomic E-state index is 0.0731. The summed E-state index contributed by atoms with van der Waals surface area (Å²) in [6.45, 7) is 6.62. The number of hydrogen-bond donors (Lipinski definition) is 0. The molecule has 1 unspecified atom stereocenters. The Labute approximate surface area is 411 Å². The molecule has 6 nitrogen and oxygen atoms in total. The minimum atomic E-state index is -0.774. The summed E-state index contributed by atoms with van der Waals surface area (Å²) in [7, 11) is 0. The number of hydrogen-bond acceptors (Lipinski definition) is 6. The van der Waals surface area contributed by atoms with E-state index >= 15 is 0 Å². The zero-order valence-corrected chi connectivity index (χ0v) is 44.5. The van der Waals surface area contributed by atoms with Crippen LogP contribution >= 0.6 is 0 Å². The molecule has 0 aromatic heterocycles. The van der Waals surface area contributed by atoms with Gasteiger partial charge in [-0.25, -0.2) is 0 Å². The highest BCUT2D eigenvalue weighted by molar-refractivity contribution is 5.71. The van der Waals surface area contributed by atoms with E-state index < -0.39 is 6.10 Å². The predicted octanol–water partition coefficient (Wildman–Crippen LogP) is 19.5. The van der Waals surface area contributed by atoms with Crippen LogP contribution in [0, 0.1) is 0 Å². The topological polar surface area (TPSA) is 78.9 Å². The average molecular weight is 930 g/mol. The van der Waals surface area contributed by atoms with E-state index in [1.54, 1.807) is 0 Å². The molecule has 6 heteroatoms. The van der Waals surface area contributed by atoms with Crippen molar-refractivity contribution in [1.82, 2.24) is 0 Å². The van der Waals surface area contributed by atoms with Crippen LogP contribution in [0.2, 0.25) is 0 Å². The largest absolute Gasteiger partial charge is 0.462 e. The average Bonchev–Trinajstić information content (AvgIpc) is 3.31. The maximum atomic E-state index is 12.8. The number of rotatable bonds is 54. The van der Waals surface area contributed by atoms with E-state index in [-0.39, 0.29) is 31.1 Å². The standard InChI is InChI=1S/C60H112O6/c1-4-7-10-13-16-19-22-24-25-26-27-28-29-30-31-32-33-34-36-38-41-44-47-50-53-59(62)65-56-57(55-64-58(61)52-49-46-43-40-37-21-18-15-12-9-6-3)66-60(63)54-51-48-45-42-39-35-23-20-17-14-11-8-5-2/h15,18,20,23,57H,4-14,16-17,19,21-22,24-56H2,1-3H3/b18-15-,23-20-. The Morgan fingerprint density at radius 3 is 0.818 bits per heavy atom. The van der Waals surface area contributed by atoms with Gasteiger partial charge in [-0.05, 0) is 64.2 Å². The van der Waals surface area contributed by atoms with Crippen molar-refractivity contribution in [1.29, 1.82) is 0 Å². The Balaban J connectivity index is 4.18. The number of carbonyl (C=O) groups is 3. The van der Waals surface area contributed by atoms with Gasteiger partial charge < -0.3 is 14.2 Å². The fraction of sp³-hybridized carbons (Fsp3) is 0.883. The molecule has 0 aromatic carbocycles. The fourth-order valence-electron chi connectivity index (χ4n) is 8.71. The first kappa shape index (κ1) is 63.9. The predicted molar refractivity (Wildman–Crippen MR) is 284 cm³/mol. The molecule has 0 bridgehead atoms. The Morgan fingerprint density at radius 1 is 0.288 bits per heavy atom. The second-order valence-electron chi connectivity index (χ2n) is 19.9. The summed E-state index contributed by atoms with van der Waals surface area (Å²) in [5.41, 5.74) is 0. The molecule has 0 fully saturated rings. The van der Waals surface area contributed by atoms with Gasteiger partial charge in [0, 0.05) is 19.3 Å². The SMILES string of the molecule is CCCC/C=C\CCCCCCCC(=O)OCC(COC(=O)CCCCCCCCCCCCCCCCCCCCCCCCCC)OC(=O)CCCCCCC/C=C\CCCCCC. The van der Waals surface area contributed by atoms with Crippen LogP contribution in [0.3, 0.4) is 0 Å². The first-order valence-electron chi connectivity index (χ1n) is 29.3. The molecule has 0 saturated carbocycles. The molecule has 1 atom stereocenters. The van der Waals surface area contributed by atoms with Gasteiger partial charge in [0.1, 0.15) is 13.2 Å². The van der Waals surface area contributed by atoms with Crippen molar-refractivity contribution >= 4 is 17.9 Å². The third-order valence-electron chi connectivity index (χ3n) is 13.2. The van der Waals surface area contributed by atoms with Crippen LogP contribution in [0.5, 0.6) is 0 Å². The van der Waals surface area contributed by atoms with E-state index in [4.69, 9.17) is 14.2 Å². The molecule has 0 heterocycles. The number of allylic oxidation sites excluding steroid dienone is 4. The van der Waals surface area contributed by atoms with Gasteiger partial charge in [-0.3, -0.25) is 14.4 Å². The summed E-state index contributed by atoms with van der Waals surface area (Å²) in [6, 6.07) is 0. The van der Waals surface area contributed by atoms with Gasteiger partial charge in [0.2, 0.25) is 0 Å². The van der Waals surface area contributed by atoms with Crippen molar-refractivity contribution in [2.24, 2.45) is 0 Å². The lowest BCUT2D eigenvalue weighted by Crippen LogP contribution is -2.30. The van der Waals surface area contributed by atoms with Crippen LogP contribution in [-0.2, 0) is 28.6 Å². The highest BCUT2D eigenvalue weighted by Crippen LogP contribution is 2.17. The zero-order chi connectivity index (χ0) is 47.9. The van der Waals surface area contributed by atoms with Crippen molar-refractivity contribution in [3.63, 3.8) is 0 Å². The van der Waals surface area contributed by atoms with Crippen LogP contribution in [0.15, 0.2) is 24.3 Å². The molecule has 0 aliphatic heterocycles. The maximum Gasteiger partial charge on any atom is 0.306 e. The van der Waals surface area contributed by atoms with E-state index in [9.17, 15) is 14.4 Å². The monoisotopic (exact) mass is 929 g/mol. The molecule has 0 aliphatic rings. The van der Waals surface area contributed by atoms with E-state index in [1.165, 1.54) is 212 Å². The first-order chi connectivity index (χ1) is 32.5. The number of carbonyl (C=O) groups excluding carboxylic acids is 3. The molecule has 0 aromatic rings. The second-order valence-corrected chi connectivity index (χ2v) is 19.9. The Morgan fingerprint density at radius 2 is 0.515 bits per heavy atom. The summed E-state index contributed by atoms with van der Waals surface area (Å²) >= 11 is 0. The van der Waals surface area contributed by atoms with Crippen LogP contribution in [0.1, 0.15) is 323 Å². The summed E-state index contributed by atoms with van der Waals surface area (Å²) in [4.78, 5) is 38.0. The maximum absolute atomic E-state index is 12.8. The Bertz CT molecular complexity index is 1070. The summed E-state index contributed by atoms with van der Waals surface area (Å²) in [5.74, 6) is -0.875. The van der Waals surface area contributed by atoms with Crippen LogP contribution in [0.25, 0.3) is 0 Å². The summed E-state index contributed by atoms with van der Waals surface area (Å²) < 4.78 is 16.8. The molecular weight excluding hydrogens is 817 g/mol. The number of unbranched alkanes of at least 4 members (excludes halogenated alkanes) is 39. The third kappa shape index (κ3) is 52.9. The molecule has 0 N–H and O–H groups in total. The van der Waals surface area contributed by atoms with Crippen LogP contribution in [0.4, 0.5) is 0 Å². The van der Waals surface area contributed by atoms with Crippen molar-refractivity contribution in [3.05, 3.63) is 24.3 Å². The minimum Gasteiger partial charge on any atom is -0.462 e. The van der Waals surface area contributed by atoms with E-state index in [0.29, 0.717) is 19.3 Å². The number of esters is 3. The van der Waals surface area contributed by atoms with E-state index in [1.807, 2.05) is 0 Å². The van der Waals surface area contributed by atoms with Crippen LogP contribution < -0.4 is 0 Å². The Kier molecular flexibility index (Phi) is 53.7. The highest BCUT2D eigenvalue weighted by atomic mass is 16.6. The molecule has 0 rings (SSSR count). The zero-order valence-electron chi connectivity index (χ0n) is 44.5. The molecule has 0 radical (unpaired) electrons. The van der Waals surface area contributed by atoms with Crippen molar-refractivity contribution in [3.8, 4) is 0 Å². The van der Waals surface area contributed by atoms with Crippen molar-refractivity contribution < 1.29 is 28.6 Å². The lowest BCUT2D eigenvalue weighted by atomic mass is 10.0. The molecule has 0 spiro atoms. The van der Waals surface area contributed by atoms with Gasteiger partial charge in [0.05, 0.1) is 0 Å². The lowest BCUT2D eigenvalue weighted by Gasteiger charge is -2.18. The molecule has 66 heavy (non-hydrogen) atoms. The van der Waals surface area contributed by atoms with Gasteiger partial charge in [0.25, 0.3) is 0 Å². The smallest absolute Gasteiger partial charge is 0.306 e. The summed E-state index contributed by atoms with van der Waals surface area (Å²) in [6.07, 6.45) is 64.7. The fourth-order valence-corrected chi connectivity index (χ4v) is 8.71. The van der Waals surface area contributed by atoms with E-state index in [2.05, 4.69) is 45.1 Å². The molecule has 0 aliphatic carbocycles. The normalized spacial score (nSPS) is 12.1. The molecule has 0 saturated heterocycles. The number of ether oxygens (including phenoxy) is 3. The molecule has 388 valence electrons. The summed E-state index contributed by atoms with van der Waals surface area (Å²) in [5, 5.41) is 0. The van der Waals surface area contributed by atoms with Crippen molar-refractivity contribution in [2.45, 2.75) is 329 Å². The second kappa shape index (κ2) is 55.5. The molecule has 0 amide bonds. The van der Waals surface area contributed by atoms with Crippen molar-refractivity contribution in [2.75, 3.05) is 13.2 Å². The lowest BCUT2D eigenvalue weighted by molar-refractivity contribution is -0.167. The highest BCUT2D eigenvalue weighted by Gasteiger charge is 2.19. The van der Waals surface area contributed by atoms with Gasteiger partial charge in [-0.15, -0.1) is 0 Å². The van der Waals surface area contributed by atoms with E-state index in [0.717, 1.165) is 70.6 Å². The molecular formula is C60H112O6. The third-order valence-corrected chi connectivity index (χ3v) is 13.2. The van der Waals surface area contributed by atoms with Gasteiger partial charge in [0.15, 0.2) is 6.10 Å².